The Morgan fingerprint density at radius 3 is 3.05 bits per heavy atom. The first-order valence-corrected chi connectivity index (χ1v) is 7.12. The van der Waals surface area contributed by atoms with Crippen LogP contribution in [0.1, 0.15) is 36.9 Å². The molecule has 1 unspecified atom stereocenters. The lowest BCUT2D eigenvalue weighted by atomic mass is 9.85. The van der Waals surface area contributed by atoms with Crippen LogP contribution < -0.4 is 5.56 Å². The van der Waals surface area contributed by atoms with Crippen molar-refractivity contribution in [3.05, 3.63) is 27.9 Å². The van der Waals surface area contributed by atoms with Crippen molar-refractivity contribution in [2.24, 2.45) is 5.92 Å². The number of morpholine rings is 1. The molecule has 1 aromatic heterocycles. The second-order valence-electron chi connectivity index (χ2n) is 5.69. The Balaban J connectivity index is 1.68. The van der Waals surface area contributed by atoms with Crippen LogP contribution in [0.15, 0.2) is 10.9 Å². The average molecular weight is 263 g/mol. The van der Waals surface area contributed by atoms with Gasteiger partial charge in [-0.1, -0.05) is 6.42 Å². The maximum Gasteiger partial charge on any atom is 0.251 e. The van der Waals surface area contributed by atoms with Crippen molar-refractivity contribution in [2.75, 3.05) is 26.2 Å². The minimum atomic E-state index is -0.0959. The van der Waals surface area contributed by atoms with Gasteiger partial charge in [0.25, 0.3) is 5.56 Å². The third kappa shape index (κ3) is 3.04. The van der Waals surface area contributed by atoms with Crippen molar-refractivity contribution < 1.29 is 4.74 Å². The highest BCUT2D eigenvalue weighted by atomic mass is 16.5. The van der Waals surface area contributed by atoms with Gasteiger partial charge in [0.1, 0.15) is 11.9 Å². The molecule has 1 aromatic rings. The molecule has 0 spiro atoms. The smallest absolute Gasteiger partial charge is 0.251 e. The van der Waals surface area contributed by atoms with E-state index in [-0.39, 0.29) is 11.7 Å². The minimum Gasteiger partial charge on any atom is -0.368 e. The van der Waals surface area contributed by atoms with Crippen LogP contribution >= 0.6 is 0 Å². The van der Waals surface area contributed by atoms with E-state index in [4.69, 9.17) is 4.74 Å². The Labute approximate surface area is 113 Å². The summed E-state index contributed by atoms with van der Waals surface area (Å²) in [4.78, 5) is 21.1. The van der Waals surface area contributed by atoms with Crippen LogP contribution in [0, 0.1) is 12.8 Å². The molecule has 1 atom stereocenters. The molecule has 0 bridgehead atoms. The summed E-state index contributed by atoms with van der Waals surface area (Å²) in [5.41, 5.74) is 0.653. The summed E-state index contributed by atoms with van der Waals surface area (Å²) >= 11 is 0. The van der Waals surface area contributed by atoms with Gasteiger partial charge in [0.2, 0.25) is 0 Å². The molecule has 1 aliphatic heterocycles. The van der Waals surface area contributed by atoms with E-state index < -0.39 is 0 Å². The Hall–Kier alpha value is -1.20. The molecule has 2 heterocycles. The number of nitrogens with zero attached hydrogens (tertiary/aromatic N) is 2. The van der Waals surface area contributed by atoms with Crippen molar-refractivity contribution in [1.29, 1.82) is 0 Å². The van der Waals surface area contributed by atoms with E-state index in [0.717, 1.165) is 37.9 Å². The van der Waals surface area contributed by atoms with Gasteiger partial charge in [-0.25, -0.2) is 4.98 Å². The fourth-order valence-electron chi connectivity index (χ4n) is 2.83. The quantitative estimate of drug-likeness (QED) is 0.891. The molecule has 5 heteroatoms. The summed E-state index contributed by atoms with van der Waals surface area (Å²) in [6.45, 7) is 5.55. The number of nitrogens with one attached hydrogen (secondary N) is 1. The van der Waals surface area contributed by atoms with Gasteiger partial charge in [-0.3, -0.25) is 9.69 Å². The predicted octanol–water partition coefficient (Wildman–Crippen LogP) is 1.25. The summed E-state index contributed by atoms with van der Waals surface area (Å²) in [5.74, 6) is 1.53. The van der Waals surface area contributed by atoms with Crippen molar-refractivity contribution in [2.45, 2.75) is 32.3 Å². The Morgan fingerprint density at radius 1 is 1.53 bits per heavy atom. The normalized spacial score (nSPS) is 25.2. The van der Waals surface area contributed by atoms with Crippen LogP contribution in [0.5, 0.6) is 0 Å². The first-order valence-electron chi connectivity index (χ1n) is 7.12. The van der Waals surface area contributed by atoms with Crippen LogP contribution in [0.4, 0.5) is 0 Å². The number of H-pyrrole nitrogens is 1. The molecule has 19 heavy (non-hydrogen) atoms. The monoisotopic (exact) mass is 263 g/mol. The van der Waals surface area contributed by atoms with Crippen LogP contribution in [-0.2, 0) is 4.74 Å². The molecular weight excluding hydrogens is 242 g/mol. The van der Waals surface area contributed by atoms with Crippen LogP contribution in [-0.4, -0.2) is 41.1 Å². The number of hydrogen-bond donors (Lipinski definition) is 1. The van der Waals surface area contributed by atoms with Crippen LogP contribution in [0.25, 0.3) is 0 Å². The molecule has 1 saturated carbocycles. The lowest BCUT2D eigenvalue weighted by Crippen LogP contribution is -2.42. The van der Waals surface area contributed by atoms with Gasteiger partial charge in [-0.05, 0) is 25.7 Å². The molecule has 0 radical (unpaired) electrons. The van der Waals surface area contributed by atoms with E-state index in [1.165, 1.54) is 25.3 Å². The average Bonchev–Trinajstić information content (AvgIpc) is 2.33. The zero-order valence-electron chi connectivity index (χ0n) is 11.4. The topological polar surface area (TPSA) is 58.2 Å². The first kappa shape index (κ1) is 12.8. The van der Waals surface area contributed by atoms with Crippen molar-refractivity contribution in [3.63, 3.8) is 0 Å². The molecule has 5 nitrogen and oxygen atoms in total. The lowest BCUT2D eigenvalue weighted by molar-refractivity contribution is -0.0422. The van der Waals surface area contributed by atoms with E-state index in [1.54, 1.807) is 0 Å². The second kappa shape index (κ2) is 5.43. The largest absolute Gasteiger partial charge is 0.368 e. The summed E-state index contributed by atoms with van der Waals surface area (Å²) in [5, 5.41) is 0. The Kier molecular flexibility index (Phi) is 3.66. The SMILES string of the molecule is Cc1cc(=O)[nH]c(C2CN(CC3CCC3)CCO2)n1. The van der Waals surface area contributed by atoms with Gasteiger partial charge in [-0.2, -0.15) is 0 Å². The van der Waals surface area contributed by atoms with E-state index in [0.29, 0.717) is 5.82 Å². The molecule has 104 valence electrons. The van der Waals surface area contributed by atoms with E-state index in [1.807, 2.05) is 6.92 Å². The van der Waals surface area contributed by atoms with Gasteiger partial charge in [0.15, 0.2) is 0 Å². The fraction of sp³-hybridized carbons (Fsp3) is 0.714. The molecule has 1 aliphatic carbocycles. The van der Waals surface area contributed by atoms with Crippen molar-refractivity contribution in [3.8, 4) is 0 Å². The summed E-state index contributed by atoms with van der Waals surface area (Å²) in [6.07, 6.45) is 4.01. The molecule has 1 saturated heterocycles. The molecule has 2 aliphatic rings. The molecule has 0 aromatic carbocycles. The highest BCUT2D eigenvalue weighted by Gasteiger charge is 2.27. The van der Waals surface area contributed by atoms with Gasteiger partial charge in [0.05, 0.1) is 6.61 Å². The minimum absolute atomic E-state index is 0.0952. The molecule has 0 amide bonds. The Morgan fingerprint density at radius 2 is 2.37 bits per heavy atom. The summed E-state index contributed by atoms with van der Waals surface area (Å²) in [6, 6.07) is 1.51. The van der Waals surface area contributed by atoms with Crippen molar-refractivity contribution >= 4 is 0 Å². The van der Waals surface area contributed by atoms with E-state index in [9.17, 15) is 4.79 Å². The molecule has 1 N–H and O–H groups in total. The first-order chi connectivity index (χ1) is 9.20. The summed E-state index contributed by atoms with van der Waals surface area (Å²) in [7, 11) is 0. The van der Waals surface area contributed by atoms with E-state index in [2.05, 4.69) is 14.9 Å². The predicted molar refractivity (Wildman–Crippen MR) is 72.1 cm³/mol. The lowest BCUT2D eigenvalue weighted by Gasteiger charge is -2.37. The van der Waals surface area contributed by atoms with E-state index >= 15 is 0 Å². The fourth-order valence-corrected chi connectivity index (χ4v) is 2.83. The maximum absolute atomic E-state index is 11.5. The Bertz CT molecular complexity index is 496. The highest BCUT2D eigenvalue weighted by molar-refractivity contribution is 5.03. The standard InChI is InChI=1S/C14H21N3O2/c1-10-7-13(18)16-14(15-10)12-9-17(5-6-19-12)8-11-3-2-4-11/h7,11-12H,2-6,8-9H2,1H3,(H,15,16,18). The van der Waals surface area contributed by atoms with Gasteiger partial charge < -0.3 is 9.72 Å². The number of aromatic amines is 1. The highest BCUT2D eigenvalue weighted by Crippen LogP contribution is 2.28. The molecule has 2 fully saturated rings. The molecular formula is C14H21N3O2. The number of hydrogen-bond acceptors (Lipinski definition) is 4. The van der Waals surface area contributed by atoms with Crippen LogP contribution in [0.2, 0.25) is 0 Å². The third-order valence-corrected chi connectivity index (χ3v) is 4.08. The number of aromatic nitrogens is 2. The van der Waals surface area contributed by atoms with Gasteiger partial charge in [-0.15, -0.1) is 0 Å². The second-order valence-corrected chi connectivity index (χ2v) is 5.69. The zero-order valence-corrected chi connectivity index (χ0v) is 11.4. The number of ether oxygens (including phenoxy) is 1. The molecule has 3 rings (SSSR count). The maximum atomic E-state index is 11.5. The van der Waals surface area contributed by atoms with Crippen molar-refractivity contribution in [1.82, 2.24) is 14.9 Å². The zero-order chi connectivity index (χ0) is 13.2. The summed E-state index contributed by atoms with van der Waals surface area (Å²) < 4.78 is 5.76. The number of aryl methyl sites for hydroxylation is 1. The van der Waals surface area contributed by atoms with Gasteiger partial charge >= 0.3 is 0 Å². The number of rotatable bonds is 3. The third-order valence-electron chi connectivity index (χ3n) is 4.08. The van der Waals surface area contributed by atoms with Gasteiger partial charge in [0, 0.05) is 31.4 Å². The van der Waals surface area contributed by atoms with Crippen LogP contribution in [0.3, 0.4) is 0 Å².